The second-order valence-corrected chi connectivity index (χ2v) is 9.33. The predicted octanol–water partition coefficient (Wildman–Crippen LogP) is 6.23. The topological polar surface area (TPSA) is 49.4 Å². The first-order chi connectivity index (χ1) is 16.8. The van der Waals surface area contributed by atoms with Crippen LogP contribution in [0.3, 0.4) is 0 Å². The number of carbonyl (C=O) groups excluding carboxylic acids is 2. The van der Waals surface area contributed by atoms with Crippen molar-refractivity contribution in [1.82, 2.24) is 10.2 Å². The average Bonchev–Trinajstić information content (AvgIpc) is 2.85. The zero-order valence-electron chi connectivity index (χ0n) is 19.8. The van der Waals surface area contributed by atoms with Crippen LogP contribution < -0.4 is 5.32 Å². The van der Waals surface area contributed by atoms with Gasteiger partial charge in [0.15, 0.2) is 0 Å². The Morgan fingerprint density at radius 3 is 2.20 bits per heavy atom. The third kappa shape index (κ3) is 7.30. The molecular weight excluding hydrogens is 486 g/mol. The van der Waals surface area contributed by atoms with Gasteiger partial charge in [-0.1, -0.05) is 84.7 Å². The summed E-state index contributed by atoms with van der Waals surface area (Å²) in [5.41, 5.74) is 1.68. The molecule has 0 saturated carbocycles. The fraction of sp³-hybridized carbons (Fsp3) is 0.286. The number of halogens is 3. The Morgan fingerprint density at radius 2 is 1.57 bits per heavy atom. The Morgan fingerprint density at radius 1 is 0.943 bits per heavy atom. The van der Waals surface area contributed by atoms with Gasteiger partial charge in [-0.05, 0) is 42.7 Å². The Labute approximate surface area is 216 Å². The number of nitrogens with one attached hydrogen (secondary N) is 1. The molecule has 7 heteroatoms. The average molecular weight is 515 g/mol. The van der Waals surface area contributed by atoms with Gasteiger partial charge >= 0.3 is 0 Å². The van der Waals surface area contributed by atoms with E-state index in [0.29, 0.717) is 21.2 Å². The van der Waals surface area contributed by atoms with Crippen molar-refractivity contribution in [2.75, 3.05) is 0 Å². The fourth-order valence-corrected chi connectivity index (χ4v) is 4.29. The largest absolute Gasteiger partial charge is 0.352 e. The van der Waals surface area contributed by atoms with E-state index in [0.717, 1.165) is 12.0 Å². The second-order valence-electron chi connectivity index (χ2n) is 8.51. The van der Waals surface area contributed by atoms with Crippen LogP contribution >= 0.6 is 23.2 Å². The molecule has 0 fully saturated rings. The summed E-state index contributed by atoms with van der Waals surface area (Å²) in [5.74, 6) is -1.11. The van der Waals surface area contributed by atoms with Crippen molar-refractivity contribution in [3.05, 3.63) is 105 Å². The summed E-state index contributed by atoms with van der Waals surface area (Å²) < 4.78 is 14.6. The van der Waals surface area contributed by atoms with Crippen LogP contribution in [0.1, 0.15) is 37.0 Å². The Balaban J connectivity index is 2.02. The molecule has 3 aromatic rings. The molecule has 0 aliphatic heterocycles. The van der Waals surface area contributed by atoms with Crippen molar-refractivity contribution in [3.63, 3.8) is 0 Å². The minimum atomic E-state index is -0.861. The third-order valence-corrected chi connectivity index (χ3v) is 6.67. The lowest BCUT2D eigenvalue weighted by atomic mass is 10.0. The first-order valence-electron chi connectivity index (χ1n) is 11.6. The van der Waals surface area contributed by atoms with Gasteiger partial charge in [-0.25, -0.2) is 4.39 Å². The van der Waals surface area contributed by atoms with Gasteiger partial charge in [0.25, 0.3) is 0 Å². The van der Waals surface area contributed by atoms with Gasteiger partial charge in [-0.2, -0.15) is 0 Å². The number of carbonyl (C=O) groups is 2. The fourth-order valence-electron chi connectivity index (χ4n) is 3.76. The minimum absolute atomic E-state index is 0.0704. The highest BCUT2D eigenvalue weighted by atomic mass is 35.5. The summed E-state index contributed by atoms with van der Waals surface area (Å²) >= 11 is 12.7. The molecule has 0 aliphatic carbocycles. The van der Waals surface area contributed by atoms with Gasteiger partial charge in [0, 0.05) is 34.6 Å². The van der Waals surface area contributed by atoms with Crippen molar-refractivity contribution < 1.29 is 14.0 Å². The number of hydrogen-bond acceptors (Lipinski definition) is 2. The van der Waals surface area contributed by atoms with Crippen molar-refractivity contribution in [2.45, 2.75) is 51.7 Å². The SMILES string of the molecule is CC[C@H](C)NC(=O)[C@H](Cc1ccccc1)N(Cc1ccccc1F)C(=O)Cc1c(Cl)cccc1Cl. The van der Waals surface area contributed by atoms with Crippen molar-refractivity contribution in [2.24, 2.45) is 0 Å². The first kappa shape index (κ1) is 26.7. The van der Waals surface area contributed by atoms with E-state index in [2.05, 4.69) is 5.32 Å². The molecule has 0 heterocycles. The van der Waals surface area contributed by atoms with Crippen molar-refractivity contribution in [3.8, 4) is 0 Å². The quantitative estimate of drug-likeness (QED) is 0.348. The molecule has 0 radical (unpaired) electrons. The molecule has 0 spiro atoms. The van der Waals surface area contributed by atoms with E-state index in [9.17, 15) is 14.0 Å². The van der Waals surface area contributed by atoms with E-state index in [1.165, 1.54) is 11.0 Å². The van der Waals surface area contributed by atoms with Crippen LogP contribution in [-0.4, -0.2) is 28.8 Å². The highest BCUT2D eigenvalue weighted by molar-refractivity contribution is 6.36. The van der Waals surface area contributed by atoms with Gasteiger partial charge in [0.1, 0.15) is 11.9 Å². The van der Waals surface area contributed by atoms with Crippen LogP contribution in [0.15, 0.2) is 72.8 Å². The van der Waals surface area contributed by atoms with Crippen LogP contribution in [-0.2, 0) is 29.0 Å². The van der Waals surface area contributed by atoms with Crippen LogP contribution in [0.25, 0.3) is 0 Å². The number of nitrogens with zero attached hydrogens (tertiary/aromatic N) is 1. The lowest BCUT2D eigenvalue weighted by Gasteiger charge is -2.32. The molecule has 3 rings (SSSR count). The van der Waals surface area contributed by atoms with Crippen LogP contribution in [0.2, 0.25) is 10.0 Å². The van der Waals surface area contributed by atoms with E-state index >= 15 is 0 Å². The molecule has 2 amide bonds. The molecule has 0 bridgehead atoms. The van der Waals surface area contributed by atoms with E-state index < -0.39 is 11.9 Å². The normalized spacial score (nSPS) is 12.6. The second kappa shape index (κ2) is 12.7. The summed E-state index contributed by atoms with van der Waals surface area (Å²) in [7, 11) is 0. The smallest absolute Gasteiger partial charge is 0.243 e. The molecule has 1 N–H and O–H groups in total. The summed E-state index contributed by atoms with van der Waals surface area (Å²) in [4.78, 5) is 28.6. The van der Waals surface area contributed by atoms with Crippen LogP contribution in [0, 0.1) is 5.82 Å². The minimum Gasteiger partial charge on any atom is -0.352 e. The maximum Gasteiger partial charge on any atom is 0.243 e. The molecule has 2 atom stereocenters. The third-order valence-electron chi connectivity index (χ3n) is 5.96. The van der Waals surface area contributed by atoms with E-state index in [1.807, 2.05) is 44.2 Å². The van der Waals surface area contributed by atoms with Crippen LogP contribution in [0.4, 0.5) is 4.39 Å². The van der Waals surface area contributed by atoms with Crippen molar-refractivity contribution >= 4 is 35.0 Å². The number of hydrogen-bond donors (Lipinski definition) is 1. The maximum atomic E-state index is 14.6. The zero-order chi connectivity index (χ0) is 25.4. The summed E-state index contributed by atoms with van der Waals surface area (Å²) in [6, 6.07) is 19.8. The monoisotopic (exact) mass is 514 g/mol. The molecule has 35 heavy (non-hydrogen) atoms. The molecule has 0 aliphatic rings. The van der Waals surface area contributed by atoms with Gasteiger partial charge in [-0.3, -0.25) is 9.59 Å². The Hall–Kier alpha value is -2.89. The van der Waals surface area contributed by atoms with Crippen LogP contribution in [0.5, 0.6) is 0 Å². The molecular formula is C28H29Cl2FN2O2. The molecule has 0 unspecified atom stereocenters. The maximum absolute atomic E-state index is 14.6. The predicted molar refractivity (Wildman–Crippen MR) is 139 cm³/mol. The molecule has 4 nitrogen and oxygen atoms in total. The Kier molecular flexibility index (Phi) is 9.70. The summed E-state index contributed by atoms with van der Waals surface area (Å²) in [6.07, 6.45) is 0.898. The number of amides is 2. The van der Waals surface area contributed by atoms with Gasteiger partial charge < -0.3 is 10.2 Å². The standard InChI is InChI=1S/C28H29Cl2FN2O2/c1-3-19(2)32-28(35)26(16-20-10-5-4-6-11-20)33(18-21-12-7-8-15-25(21)31)27(34)17-22-23(29)13-9-14-24(22)30/h4-15,19,26H,3,16-18H2,1-2H3,(H,32,35)/t19-,26-/m0/s1. The van der Waals surface area contributed by atoms with Crippen molar-refractivity contribution in [1.29, 1.82) is 0 Å². The number of rotatable bonds is 10. The van der Waals surface area contributed by atoms with Gasteiger partial charge in [-0.15, -0.1) is 0 Å². The molecule has 0 aromatic heterocycles. The molecule has 3 aromatic carbocycles. The Bertz CT molecular complexity index is 1140. The van der Waals surface area contributed by atoms with E-state index in [4.69, 9.17) is 23.2 Å². The number of benzene rings is 3. The highest BCUT2D eigenvalue weighted by Gasteiger charge is 2.32. The van der Waals surface area contributed by atoms with Gasteiger partial charge in [0.2, 0.25) is 11.8 Å². The first-order valence-corrected chi connectivity index (χ1v) is 12.4. The summed E-state index contributed by atoms with van der Waals surface area (Å²) in [5, 5.41) is 3.72. The lowest BCUT2D eigenvalue weighted by Crippen LogP contribution is -2.52. The highest BCUT2D eigenvalue weighted by Crippen LogP contribution is 2.26. The molecule has 184 valence electrons. The van der Waals surface area contributed by atoms with Gasteiger partial charge in [0.05, 0.1) is 6.42 Å². The lowest BCUT2D eigenvalue weighted by molar-refractivity contribution is -0.141. The molecule has 0 saturated heterocycles. The van der Waals surface area contributed by atoms with E-state index in [-0.39, 0.29) is 37.2 Å². The van der Waals surface area contributed by atoms with E-state index in [1.54, 1.807) is 36.4 Å². The summed E-state index contributed by atoms with van der Waals surface area (Å²) in [6.45, 7) is 3.81. The zero-order valence-corrected chi connectivity index (χ0v) is 21.3.